The Labute approximate surface area is 96.9 Å². The zero-order chi connectivity index (χ0) is 11.8. The van der Waals surface area contributed by atoms with Gasteiger partial charge < -0.3 is 14.4 Å². The predicted octanol–water partition coefficient (Wildman–Crippen LogP) is 2.03. The molecule has 0 bridgehead atoms. The van der Waals surface area contributed by atoms with Gasteiger partial charge in [0.1, 0.15) is 5.60 Å². The second-order valence-electron chi connectivity index (χ2n) is 5.78. The Morgan fingerprint density at radius 1 is 1.31 bits per heavy atom. The minimum Gasteiger partial charge on any atom is -0.444 e. The number of likely N-dealkylation sites (tertiary alicyclic amines) is 1. The van der Waals surface area contributed by atoms with Crippen LogP contribution in [0.15, 0.2) is 0 Å². The van der Waals surface area contributed by atoms with Gasteiger partial charge in [-0.15, -0.1) is 0 Å². The molecule has 0 N–H and O–H groups in total. The molecule has 4 nitrogen and oxygen atoms in total. The van der Waals surface area contributed by atoms with E-state index in [4.69, 9.17) is 9.47 Å². The SMILES string of the molecule is CC(C)(C)OC(=O)N1CC(OCC2CC2)C1. The van der Waals surface area contributed by atoms with E-state index in [0.29, 0.717) is 13.1 Å². The van der Waals surface area contributed by atoms with Crippen molar-refractivity contribution < 1.29 is 14.3 Å². The number of amides is 1. The van der Waals surface area contributed by atoms with Crippen molar-refractivity contribution in [2.24, 2.45) is 5.92 Å². The summed E-state index contributed by atoms with van der Waals surface area (Å²) < 4.78 is 10.9. The molecule has 1 saturated carbocycles. The summed E-state index contributed by atoms with van der Waals surface area (Å²) in [5.74, 6) is 0.788. The Morgan fingerprint density at radius 3 is 2.44 bits per heavy atom. The quantitative estimate of drug-likeness (QED) is 0.740. The normalized spacial score (nSPS) is 21.8. The molecule has 4 heteroatoms. The van der Waals surface area contributed by atoms with Crippen LogP contribution >= 0.6 is 0 Å². The maximum atomic E-state index is 11.6. The molecule has 0 aromatic carbocycles. The molecule has 1 amide bonds. The molecule has 1 heterocycles. The molecular formula is C12H21NO3. The third-order valence-corrected chi connectivity index (χ3v) is 2.76. The highest BCUT2D eigenvalue weighted by Crippen LogP contribution is 2.30. The lowest BCUT2D eigenvalue weighted by Crippen LogP contribution is -2.56. The molecule has 1 aliphatic heterocycles. The van der Waals surface area contributed by atoms with E-state index in [0.717, 1.165) is 12.5 Å². The average Bonchev–Trinajstić information content (AvgIpc) is 2.80. The van der Waals surface area contributed by atoms with Crippen LogP contribution in [0.2, 0.25) is 0 Å². The Hall–Kier alpha value is -0.770. The minimum atomic E-state index is -0.406. The summed E-state index contributed by atoms with van der Waals surface area (Å²) in [6.07, 6.45) is 2.62. The molecule has 0 unspecified atom stereocenters. The second-order valence-corrected chi connectivity index (χ2v) is 5.78. The molecule has 0 aromatic heterocycles. The zero-order valence-electron chi connectivity index (χ0n) is 10.4. The van der Waals surface area contributed by atoms with Gasteiger partial charge in [0.15, 0.2) is 0 Å². The van der Waals surface area contributed by atoms with Gasteiger partial charge in [0, 0.05) is 6.61 Å². The van der Waals surface area contributed by atoms with E-state index in [1.807, 2.05) is 20.8 Å². The van der Waals surface area contributed by atoms with E-state index < -0.39 is 5.60 Å². The van der Waals surface area contributed by atoms with Crippen molar-refractivity contribution >= 4 is 6.09 Å². The van der Waals surface area contributed by atoms with E-state index in [1.165, 1.54) is 12.8 Å². The predicted molar refractivity (Wildman–Crippen MR) is 60.3 cm³/mol. The van der Waals surface area contributed by atoms with Gasteiger partial charge in [0.05, 0.1) is 19.2 Å². The van der Waals surface area contributed by atoms with Crippen LogP contribution in [-0.4, -0.2) is 42.4 Å². The third-order valence-electron chi connectivity index (χ3n) is 2.76. The summed E-state index contributed by atoms with van der Waals surface area (Å²) in [7, 11) is 0. The lowest BCUT2D eigenvalue weighted by molar-refractivity contribution is -0.0655. The van der Waals surface area contributed by atoms with Crippen molar-refractivity contribution in [3.8, 4) is 0 Å². The van der Waals surface area contributed by atoms with Gasteiger partial charge in [-0.05, 0) is 39.5 Å². The summed E-state index contributed by atoms with van der Waals surface area (Å²) in [5, 5.41) is 0. The first kappa shape index (κ1) is 11.7. The molecule has 1 aliphatic carbocycles. The molecule has 0 atom stereocenters. The molecule has 2 aliphatic rings. The van der Waals surface area contributed by atoms with E-state index in [1.54, 1.807) is 4.90 Å². The third kappa shape index (κ3) is 3.37. The Kier molecular flexibility index (Phi) is 3.10. The Morgan fingerprint density at radius 2 is 1.94 bits per heavy atom. The van der Waals surface area contributed by atoms with Gasteiger partial charge in [-0.2, -0.15) is 0 Å². The van der Waals surface area contributed by atoms with Crippen LogP contribution < -0.4 is 0 Å². The molecule has 2 rings (SSSR count). The average molecular weight is 227 g/mol. The second kappa shape index (κ2) is 4.24. The number of carbonyl (C=O) groups excluding carboxylic acids is 1. The molecule has 92 valence electrons. The molecule has 0 spiro atoms. The zero-order valence-corrected chi connectivity index (χ0v) is 10.4. The highest BCUT2D eigenvalue weighted by Gasteiger charge is 2.35. The topological polar surface area (TPSA) is 38.8 Å². The van der Waals surface area contributed by atoms with Crippen LogP contribution in [0, 0.1) is 5.92 Å². The van der Waals surface area contributed by atoms with Gasteiger partial charge in [-0.25, -0.2) is 4.79 Å². The van der Waals surface area contributed by atoms with Crippen molar-refractivity contribution in [1.82, 2.24) is 4.90 Å². The van der Waals surface area contributed by atoms with Crippen LogP contribution in [0.25, 0.3) is 0 Å². The highest BCUT2D eigenvalue weighted by atomic mass is 16.6. The first-order chi connectivity index (χ1) is 7.44. The van der Waals surface area contributed by atoms with Gasteiger partial charge >= 0.3 is 6.09 Å². The summed E-state index contributed by atoms with van der Waals surface area (Å²) >= 11 is 0. The van der Waals surface area contributed by atoms with Crippen molar-refractivity contribution in [3.05, 3.63) is 0 Å². The Balaban J connectivity index is 1.61. The van der Waals surface area contributed by atoms with Crippen molar-refractivity contribution in [1.29, 1.82) is 0 Å². The number of hydrogen-bond donors (Lipinski definition) is 0. The molecule has 2 fully saturated rings. The van der Waals surface area contributed by atoms with E-state index in [2.05, 4.69) is 0 Å². The van der Waals surface area contributed by atoms with Crippen LogP contribution in [-0.2, 0) is 9.47 Å². The number of rotatable bonds is 3. The summed E-state index contributed by atoms with van der Waals surface area (Å²) in [4.78, 5) is 13.3. The molecule has 16 heavy (non-hydrogen) atoms. The lowest BCUT2D eigenvalue weighted by Gasteiger charge is -2.39. The van der Waals surface area contributed by atoms with Crippen LogP contribution in [0.3, 0.4) is 0 Å². The van der Waals surface area contributed by atoms with Crippen LogP contribution in [0.1, 0.15) is 33.6 Å². The maximum absolute atomic E-state index is 11.6. The molecular weight excluding hydrogens is 206 g/mol. The molecule has 0 aromatic rings. The fourth-order valence-corrected chi connectivity index (χ4v) is 1.58. The number of carbonyl (C=O) groups is 1. The first-order valence-electron chi connectivity index (χ1n) is 6.03. The van der Waals surface area contributed by atoms with Gasteiger partial charge in [-0.1, -0.05) is 0 Å². The Bertz CT molecular complexity index is 262. The van der Waals surface area contributed by atoms with Gasteiger partial charge in [-0.3, -0.25) is 0 Å². The van der Waals surface area contributed by atoms with E-state index in [9.17, 15) is 4.79 Å². The van der Waals surface area contributed by atoms with Crippen molar-refractivity contribution in [2.75, 3.05) is 19.7 Å². The molecule has 1 saturated heterocycles. The highest BCUT2D eigenvalue weighted by molar-refractivity contribution is 5.69. The minimum absolute atomic E-state index is 0.223. The van der Waals surface area contributed by atoms with Gasteiger partial charge in [0.2, 0.25) is 0 Å². The summed E-state index contributed by atoms with van der Waals surface area (Å²) in [6.45, 7) is 7.87. The summed E-state index contributed by atoms with van der Waals surface area (Å²) in [5.41, 5.74) is -0.406. The van der Waals surface area contributed by atoms with Crippen molar-refractivity contribution in [2.45, 2.75) is 45.3 Å². The van der Waals surface area contributed by atoms with Crippen LogP contribution in [0.5, 0.6) is 0 Å². The fourth-order valence-electron chi connectivity index (χ4n) is 1.58. The first-order valence-corrected chi connectivity index (χ1v) is 6.03. The van der Waals surface area contributed by atoms with E-state index >= 15 is 0 Å². The lowest BCUT2D eigenvalue weighted by atomic mass is 10.1. The number of hydrogen-bond acceptors (Lipinski definition) is 3. The smallest absolute Gasteiger partial charge is 0.410 e. The fraction of sp³-hybridized carbons (Fsp3) is 0.917. The van der Waals surface area contributed by atoms with Gasteiger partial charge in [0.25, 0.3) is 0 Å². The van der Waals surface area contributed by atoms with Crippen LogP contribution in [0.4, 0.5) is 4.79 Å². The van der Waals surface area contributed by atoms with Crippen molar-refractivity contribution in [3.63, 3.8) is 0 Å². The largest absolute Gasteiger partial charge is 0.444 e. The summed E-state index contributed by atoms with van der Waals surface area (Å²) in [6, 6.07) is 0. The standard InChI is InChI=1S/C12H21NO3/c1-12(2,3)16-11(14)13-6-10(7-13)15-8-9-4-5-9/h9-10H,4-8H2,1-3H3. The number of nitrogens with zero attached hydrogens (tertiary/aromatic N) is 1. The maximum Gasteiger partial charge on any atom is 0.410 e. The number of ether oxygens (including phenoxy) is 2. The van der Waals surface area contributed by atoms with E-state index in [-0.39, 0.29) is 12.2 Å². The monoisotopic (exact) mass is 227 g/mol. The molecule has 0 radical (unpaired) electrons.